The molecule has 3 unspecified atom stereocenters. The predicted octanol–water partition coefficient (Wildman–Crippen LogP) is 1.67. The average Bonchev–Trinajstić information content (AvgIpc) is 3.13. The first-order chi connectivity index (χ1) is 9.58. The predicted molar refractivity (Wildman–Crippen MR) is 74.2 cm³/mol. The summed E-state index contributed by atoms with van der Waals surface area (Å²) in [5, 5.41) is 12.0. The Kier molecular flexibility index (Phi) is 5.40. The third kappa shape index (κ3) is 4.47. The Hall–Kier alpha value is -1.10. The zero-order valence-corrected chi connectivity index (χ0v) is 12.1. The van der Waals surface area contributed by atoms with E-state index in [9.17, 15) is 9.59 Å². The molecule has 114 valence electrons. The summed E-state index contributed by atoms with van der Waals surface area (Å²) in [7, 11) is 0. The van der Waals surface area contributed by atoms with E-state index in [0.29, 0.717) is 31.9 Å². The molecule has 2 fully saturated rings. The first kappa shape index (κ1) is 15.3. The lowest BCUT2D eigenvalue weighted by atomic mass is 9.95. The summed E-state index contributed by atoms with van der Waals surface area (Å²) in [6.07, 6.45) is 4.65. The molecule has 1 amide bonds. The van der Waals surface area contributed by atoms with Crippen LogP contribution in [0.15, 0.2) is 0 Å². The van der Waals surface area contributed by atoms with Gasteiger partial charge in [0.15, 0.2) is 0 Å². The van der Waals surface area contributed by atoms with Gasteiger partial charge in [-0.3, -0.25) is 9.59 Å². The van der Waals surface area contributed by atoms with Crippen molar-refractivity contribution in [3.05, 3.63) is 0 Å². The lowest BCUT2D eigenvalue weighted by molar-refractivity contribution is -0.146. The van der Waals surface area contributed by atoms with Crippen molar-refractivity contribution in [2.75, 3.05) is 19.8 Å². The Morgan fingerprint density at radius 1 is 1.25 bits per heavy atom. The van der Waals surface area contributed by atoms with Crippen molar-refractivity contribution in [1.29, 1.82) is 0 Å². The summed E-state index contributed by atoms with van der Waals surface area (Å²) in [5.74, 6) is -0.758. The molecule has 20 heavy (non-hydrogen) atoms. The van der Waals surface area contributed by atoms with Crippen LogP contribution in [-0.4, -0.2) is 36.7 Å². The second-order valence-electron chi connectivity index (χ2n) is 6.29. The molecule has 2 N–H and O–H groups in total. The van der Waals surface area contributed by atoms with Crippen LogP contribution in [0.2, 0.25) is 0 Å². The molecule has 5 nitrogen and oxygen atoms in total. The Balaban J connectivity index is 1.61. The molecule has 2 saturated carbocycles. The van der Waals surface area contributed by atoms with E-state index in [0.717, 1.165) is 18.9 Å². The van der Waals surface area contributed by atoms with E-state index in [1.54, 1.807) is 0 Å². The second kappa shape index (κ2) is 7.07. The molecular weight excluding hydrogens is 258 g/mol. The lowest BCUT2D eigenvalue weighted by Crippen LogP contribution is -2.36. The summed E-state index contributed by atoms with van der Waals surface area (Å²) < 4.78 is 5.50. The maximum absolute atomic E-state index is 12.0. The van der Waals surface area contributed by atoms with Gasteiger partial charge in [-0.2, -0.15) is 0 Å². The average molecular weight is 283 g/mol. The van der Waals surface area contributed by atoms with Crippen LogP contribution in [0.4, 0.5) is 0 Å². The van der Waals surface area contributed by atoms with Gasteiger partial charge in [0.2, 0.25) is 5.91 Å². The van der Waals surface area contributed by atoms with Gasteiger partial charge in [-0.25, -0.2) is 0 Å². The van der Waals surface area contributed by atoms with Crippen molar-refractivity contribution in [1.82, 2.24) is 5.32 Å². The largest absolute Gasteiger partial charge is 0.481 e. The molecular formula is C15H25NO4. The topological polar surface area (TPSA) is 75.6 Å². The zero-order chi connectivity index (χ0) is 14.5. The summed E-state index contributed by atoms with van der Waals surface area (Å²) in [5.41, 5.74) is 0. The number of carboxylic acid groups (broad SMARTS) is 1. The van der Waals surface area contributed by atoms with Gasteiger partial charge in [0, 0.05) is 19.8 Å². The number of carbonyl (C=O) groups excluding carboxylic acids is 1. The minimum absolute atomic E-state index is 0.107. The minimum atomic E-state index is -0.845. The van der Waals surface area contributed by atoms with Crippen LogP contribution in [0.25, 0.3) is 0 Å². The maximum atomic E-state index is 12.0. The molecule has 0 radical (unpaired) electrons. The molecule has 2 aliphatic carbocycles. The number of aliphatic carboxylic acids is 1. The van der Waals surface area contributed by atoms with E-state index in [1.165, 1.54) is 12.8 Å². The first-order valence-electron chi connectivity index (χ1n) is 7.66. The van der Waals surface area contributed by atoms with Crippen LogP contribution in [0.5, 0.6) is 0 Å². The van der Waals surface area contributed by atoms with Crippen LogP contribution >= 0.6 is 0 Å². The highest BCUT2D eigenvalue weighted by atomic mass is 16.5. The fourth-order valence-corrected chi connectivity index (χ4v) is 2.91. The van der Waals surface area contributed by atoms with Crippen LogP contribution in [0.3, 0.4) is 0 Å². The normalized spacial score (nSPS) is 29.4. The fraction of sp³-hybridized carbons (Fsp3) is 0.867. The Bertz CT molecular complexity index is 354. The molecule has 0 spiro atoms. The highest BCUT2D eigenvalue weighted by Crippen LogP contribution is 2.36. The van der Waals surface area contributed by atoms with Crippen molar-refractivity contribution in [3.8, 4) is 0 Å². The minimum Gasteiger partial charge on any atom is -0.481 e. The molecule has 2 aliphatic rings. The maximum Gasteiger partial charge on any atom is 0.307 e. The van der Waals surface area contributed by atoms with E-state index in [2.05, 4.69) is 5.32 Å². The molecule has 0 bridgehead atoms. The van der Waals surface area contributed by atoms with Gasteiger partial charge in [0.25, 0.3) is 0 Å². The van der Waals surface area contributed by atoms with Crippen LogP contribution in [-0.2, 0) is 14.3 Å². The van der Waals surface area contributed by atoms with E-state index < -0.39 is 11.9 Å². The van der Waals surface area contributed by atoms with Crippen LogP contribution in [0, 0.1) is 23.7 Å². The summed E-state index contributed by atoms with van der Waals surface area (Å²) >= 11 is 0. The van der Waals surface area contributed by atoms with E-state index >= 15 is 0 Å². The number of amides is 1. The quantitative estimate of drug-likeness (QED) is 0.664. The smallest absolute Gasteiger partial charge is 0.307 e. The van der Waals surface area contributed by atoms with E-state index in [-0.39, 0.29) is 11.8 Å². The third-order valence-electron chi connectivity index (χ3n) is 4.27. The van der Waals surface area contributed by atoms with Crippen LogP contribution in [0.1, 0.15) is 39.0 Å². The molecule has 0 heterocycles. The van der Waals surface area contributed by atoms with Gasteiger partial charge < -0.3 is 15.2 Å². The number of hydrogen-bond donors (Lipinski definition) is 2. The second-order valence-corrected chi connectivity index (χ2v) is 6.29. The van der Waals surface area contributed by atoms with Gasteiger partial charge in [0.05, 0.1) is 11.8 Å². The van der Waals surface area contributed by atoms with E-state index in [1.807, 2.05) is 6.92 Å². The first-order valence-corrected chi connectivity index (χ1v) is 7.66. The van der Waals surface area contributed by atoms with Crippen LogP contribution < -0.4 is 5.32 Å². The Labute approximate surface area is 120 Å². The molecule has 5 heteroatoms. The number of hydrogen-bond acceptors (Lipinski definition) is 3. The number of rotatable bonds is 8. The molecule has 0 aromatic carbocycles. The summed E-state index contributed by atoms with van der Waals surface area (Å²) in [6.45, 7) is 4.09. The third-order valence-corrected chi connectivity index (χ3v) is 4.27. The standard InChI is InChI=1S/C15H25NO4/c1-10-7-12(13(8-10)15(18)19)14(17)16-5-2-6-20-9-11-3-4-11/h10-13H,2-9H2,1H3,(H,16,17)(H,18,19). The highest BCUT2D eigenvalue weighted by molar-refractivity contribution is 5.85. The Morgan fingerprint density at radius 3 is 2.60 bits per heavy atom. The summed E-state index contributed by atoms with van der Waals surface area (Å²) in [6, 6.07) is 0. The van der Waals surface area contributed by atoms with Crippen molar-refractivity contribution < 1.29 is 19.4 Å². The monoisotopic (exact) mass is 283 g/mol. The van der Waals surface area contributed by atoms with Crippen molar-refractivity contribution in [3.63, 3.8) is 0 Å². The Morgan fingerprint density at radius 2 is 1.95 bits per heavy atom. The van der Waals surface area contributed by atoms with E-state index in [4.69, 9.17) is 9.84 Å². The summed E-state index contributed by atoms with van der Waals surface area (Å²) in [4.78, 5) is 23.2. The van der Waals surface area contributed by atoms with Gasteiger partial charge in [0.1, 0.15) is 0 Å². The molecule has 0 aromatic rings. The lowest BCUT2D eigenvalue weighted by Gasteiger charge is -2.15. The van der Waals surface area contributed by atoms with Crippen molar-refractivity contribution in [2.24, 2.45) is 23.7 Å². The van der Waals surface area contributed by atoms with Gasteiger partial charge in [-0.1, -0.05) is 6.92 Å². The number of ether oxygens (including phenoxy) is 1. The fourth-order valence-electron chi connectivity index (χ4n) is 2.91. The van der Waals surface area contributed by atoms with Gasteiger partial charge in [-0.05, 0) is 43.9 Å². The number of carboxylic acids is 1. The van der Waals surface area contributed by atoms with Crippen molar-refractivity contribution >= 4 is 11.9 Å². The molecule has 0 saturated heterocycles. The van der Waals surface area contributed by atoms with Gasteiger partial charge in [-0.15, -0.1) is 0 Å². The molecule has 3 atom stereocenters. The zero-order valence-electron chi connectivity index (χ0n) is 12.1. The van der Waals surface area contributed by atoms with Crippen molar-refractivity contribution in [2.45, 2.75) is 39.0 Å². The van der Waals surface area contributed by atoms with Gasteiger partial charge >= 0.3 is 5.97 Å². The number of carbonyl (C=O) groups is 2. The SMILES string of the molecule is CC1CC(C(=O)O)C(C(=O)NCCCOCC2CC2)C1. The molecule has 0 aliphatic heterocycles. The molecule has 0 aromatic heterocycles. The highest BCUT2D eigenvalue weighted by Gasteiger charge is 2.40. The molecule has 2 rings (SSSR count). The number of nitrogens with one attached hydrogen (secondary N) is 1.